The Balaban J connectivity index is 1.24. The van der Waals surface area contributed by atoms with Gasteiger partial charge in [-0.05, 0) is 48.6 Å². The molecule has 1 aromatic carbocycles. The first-order valence-electron chi connectivity index (χ1n) is 12.0. The number of urea groups is 1. The van der Waals surface area contributed by atoms with Crippen LogP contribution in [0.25, 0.3) is 0 Å². The zero-order valence-electron chi connectivity index (χ0n) is 20.1. The Bertz CT molecular complexity index is 886. The Kier molecular flexibility index (Phi) is 6.61. The monoisotopic (exact) mass is 438 g/mol. The number of nitrogens with zero attached hydrogens (tertiary/aromatic N) is 3. The molecule has 1 N–H and O–H groups in total. The number of piperazine rings is 1. The molecule has 2 atom stereocenters. The minimum atomic E-state index is -0.0324. The topological polar surface area (TPSA) is 55.9 Å². The van der Waals surface area contributed by atoms with E-state index in [4.69, 9.17) is 0 Å². The standard InChI is InChI=1S/C26H38N4O2/c1-19-7-5-6-8-24(19)27-25(32)29-14-11-28(12-15-29)13-16-30(20(2)31)18-21-9-10-22-17-23(21)26(22,3)4/h5-9,22-23H,10-18H2,1-4H3,(H,27,32). The number of hydrogen-bond donors (Lipinski definition) is 1. The maximum Gasteiger partial charge on any atom is 0.321 e. The first kappa shape index (κ1) is 22.8. The number of hydrogen-bond acceptors (Lipinski definition) is 3. The van der Waals surface area contributed by atoms with Crippen LogP contribution in [0.4, 0.5) is 10.5 Å². The number of allylic oxidation sites excluding steroid dienone is 1. The van der Waals surface area contributed by atoms with Gasteiger partial charge in [0.2, 0.25) is 5.91 Å². The van der Waals surface area contributed by atoms with Gasteiger partial charge in [-0.3, -0.25) is 9.69 Å². The van der Waals surface area contributed by atoms with Crippen LogP contribution in [0.3, 0.4) is 0 Å². The highest BCUT2D eigenvalue weighted by atomic mass is 16.2. The van der Waals surface area contributed by atoms with Crippen molar-refractivity contribution in [2.45, 2.75) is 40.5 Å². The third-order valence-electron chi connectivity index (χ3n) is 8.13. The molecule has 1 saturated heterocycles. The molecule has 174 valence electrons. The van der Waals surface area contributed by atoms with Crippen molar-refractivity contribution in [3.63, 3.8) is 0 Å². The van der Waals surface area contributed by atoms with E-state index in [9.17, 15) is 9.59 Å². The third kappa shape index (κ3) is 4.70. The molecule has 32 heavy (non-hydrogen) atoms. The van der Waals surface area contributed by atoms with E-state index in [0.717, 1.165) is 56.3 Å². The number of carbonyl (C=O) groups excluding carboxylic acids is 2. The van der Waals surface area contributed by atoms with Crippen LogP contribution in [0.1, 0.15) is 39.2 Å². The normalized spacial score (nSPS) is 24.4. The Labute approximate surface area is 192 Å². The molecule has 4 aliphatic rings. The fourth-order valence-electron chi connectivity index (χ4n) is 5.57. The van der Waals surface area contributed by atoms with Crippen LogP contribution < -0.4 is 5.32 Å². The van der Waals surface area contributed by atoms with Gasteiger partial charge >= 0.3 is 6.03 Å². The molecule has 1 aliphatic heterocycles. The van der Waals surface area contributed by atoms with Gasteiger partial charge in [0.1, 0.15) is 0 Å². The molecule has 1 heterocycles. The molecule has 6 heteroatoms. The fourth-order valence-corrected chi connectivity index (χ4v) is 5.57. The lowest BCUT2D eigenvalue weighted by atomic mass is 9.49. The summed E-state index contributed by atoms with van der Waals surface area (Å²) in [7, 11) is 0. The van der Waals surface area contributed by atoms with Crippen molar-refractivity contribution in [3.05, 3.63) is 41.5 Å². The minimum Gasteiger partial charge on any atom is -0.338 e. The second-order valence-electron chi connectivity index (χ2n) is 10.3. The molecular weight excluding hydrogens is 400 g/mol. The zero-order valence-corrected chi connectivity index (χ0v) is 20.1. The Morgan fingerprint density at radius 3 is 2.50 bits per heavy atom. The number of aryl methyl sites for hydroxylation is 1. The van der Waals surface area contributed by atoms with Crippen LogP contribution >= 0.6 is 0 Å². The number of anilines is 1. The molecule has 5 rings (SSSR count). The zero-order chi connectivity index (χ0) is 22.9. The van der Waals surface area contributed by atoms with E-state index < -0.39 is 0 Å². The molecule has 2 fully saturated rings. The summed E-state index contributed by atoms with van der Waals surface area (Å²) in [6, 6.07) is 7.82. The number of benzene rings is 1. The average molecular weight is 439 g/mol. The lowest BCUT2D eigenvalue weighted by Gasteiger charge is -2.57. The number of rotatable bonds is 6. The summed E-state index contributed by atoms with van der Waals surface area (Å²) in [5.41, 5.74) is 3.79. The average Bonchev–Trinajstić information content (AvgIpc) is 2.78. The predicted octanol–water partition coefficient (Wildman–Crippen LogP) is 3.99. The molecule has 1 saturated carbocycles. The van der Waals surface area contributed by atoms with Crippen LogP contribution in [0.2, 0.25) is 0 Å². The van der Waals surface area contributed by atoms with Gasteiger partial charge in [0.05, 0.1) is 0 Å². The number of amides is 3. The van der Waals surface area contributed by atoms with Gasteiger partial charge in [0.15, 0.2) is 0 Å². The molecule has 0 radical (unpaired) electrons. The van der Waals surface area contributed by atoms with Gasteiger partial charge in [0, 0.05) is 58.4 Å². The smallest absolute Gasteiger partial charge is 0.321 e. The van der Waals surface area contributed by atoms with Gasteiger partial charge in [-0.1, -0.05) is 43.7 Å². The van der Waals surface area contributed by atoms with E-state index in [-0.39, 0.29) is 11.9 Å². The van der Waals surface area contributed by atoms with E-state index in [2.05, 4.69) is 30.1 Å². The molecule has 2 unspecified atom stereocenters. The molecule has 0 aromatic heterocycles. The lowest BCUT2D eigenvalue weighted by Crippen LogP contribution is -2.52. The Morgan fingerprint density at radius 2 is 1.88 bits per heavy atom. The van der Waals surface area contributed by atoms with Gasteiger partial charge in [-0.15, -0.1) is 0 Å². The minimum absolute atomic E-state index is 0.0324. The number of para-hydroxylation sites is 1. The Morgan fingerprint density at radius 1 is 1.16 bits per heavy atom. The summed E-state index contributed by atoms with van der Waals surface area (Å²) in [6.07, 6.45) is 4.85. The summed E-state index contributed by atoms with van der Waals surface area (Å²) < 4.78 is 0. The molecular formula is C26H38N4O2. The molecule has 3 amide bonds. The van der Waals surface area contributed by atoms with Crippen molar-refractivity contribution < 1.29 is 9.59 Å². The number of carbonyl (C=O) groups is 2. The van der Waals surface area contributed by atoms with Crippen molar-refractivity contribution >= 4 is 17.6 Å². The summed E-state index contributed by atoms with van der Waals surface area (Å²) in [5, 5.41) is 3.03. The first-order chi connectivity index (χ1) is 15.3. The third-order valence-corrected chi connectivity index (χ3v) is 8.13. The summed E-state index contributed by atoms with van der Waals surface area (Å²) in [5.74, 6) is 1.61. The quantitative estimate of drug-likeness (QED) is 0.684. The SMILES string of the molecule is CC(=O)N(CCN1CCN(C(=O)Nc2ccccc2C)CC1)CC1=CCC2CC1C2(C)C. The van der Waals surface area contributed by atoms with Crippen molar-refractivity contribution in [2.24, 2.45) is 17.3 Å². The van der Waals surface area contributed by atoms with Crippen molar-refractivity contribution in [3.8, 4) is 0 Å². The van der Waals surface area contributed by atoms with E-state index in [1.165, 1.54) is 12.0 Å². The second-order valence-corrected chi connectivity index (χ2v) is 10.3. The van der Waals surface area contributed by atoms with E-state index in [0.29, 0.717) is 24.4 Å². The highest BCUT2D eigenvalue weighted by molar-refractivity contribution is 5.90. The van der Waals surface area contributed by atoms with Crippen LogP contribution in [0.15, 0.2) is 35.9 Å². The van der Waals surface area contributed by atoms with Crippen LogP contribution in [0.5, 0.6) is 0 Å². The van der Waals surface area contributed by atoms with Crippen LogP contribution in [0, 0.1) is 24.2 Å². The van der Waals surface area contributed by atoms with Crippen molar-refractivity contribution in [1.82, 2.24) is 14.7 Å². The van der Waals surface area contributed by atoms with E-state index in [1.54, 1.807) is 6.92 Å². The molecule has 6 nitrogen and oxygen atoms in total. The number of nitrogens with one attached hydrogen (secondary N) is 1. The highest BCUT2D eigenvalue weighted by Gasteiger charge is 2.51. The van der Waals surface area contributed by atoms with E-state index in [1.807, 2.05) is 41.0 Å². The van der Waals surface area contributed by atoms with Crippen molar-refractivity contribution in [2.75, 3.05) is 51.1 Å². The lowest BCUT2D eigenvalue weighted by molar-refractivity contribution is -0.129. The largest absolute Gasteiger partial charge is 0.338 e. The molecule has 0 spiro atoms. The fraction of sp³-hybridized carbons (Fsp3) is 0.615. The van der Waals surface area contributed by atoms with Gasteiger partial charge < -0.3 is 15.1 Å². The molecule has 3 aliphatic carbocycles. The predicted molar refractivity (Wildman–Crippen MR) is 129 cm³/mol. The summed E-state index contributed by atoms with van der Waals surface area (Å²) >= 11 is 0. The highest BCUT2D eigenvalue weighted by Crippen LogP contribution is 2.59. The summed E-state index contributed by atoms with van der Waals surface area (Å²) in [6.45, 7) is 13.9. The summed E-state index contributed by atoms with van der Waals surface area (Å²) in [4.78, 5) is 31.2. The van der Waals surface area contributed by atoms with Gasteiger partial charge in [0.25, 0.3) is 0 Å². The first-order valence-corrected chi connectivity index (χ1v) is 12.0. The van der Waals surface area contributed by atoms with Gasteiger partial charge in [-0.25, -0.2) is 4.79 Å². The van der Waals surface area contributed by atoms with Crippen LogP contribution in [-0.4, -0.2) is 72.5 Å². The maximum atomic E-state index is 12.6. The number of fused-ring (bicyclic) bond motifs is 1. The molecule has 1 aromatic rings. The Hall–Kier alpha value is -2.34. The van der Waals surface area contributed by atoms with Gasteiger partial charge in [-0.2, -0.15) is 0 Å². The molecule has 2 bridgehead atoms. The second kappa shape index (κ2) is 9.26. The van der Waals surface area contributed by atoms with E-state index >= 15 is 0 Å². The maximum absolute atomic E-state index is 12.6. The van der Waals surface area contributed by atoms with Crippen LogP contribution in [-0.2, 0) is 4.79 Å². The van der Waals surface area contributed by atoms with Crippen molar-refractivity contribution in [1.29, 1.82) is 0 Å².